The monoisotopic (exact) mass is 340 g/mol. The molecule has 0 aliphatic rings. The van der Waals surface area contributed by atoms with E-state index in [4.69, 9.17) is 0 Å². The van der Waals surface area contributed by atoms with Crippen LogP contribution in [0.25, 0.3) is 0 Å². The first-order valence-corrected chi connectivity index (χ1v) is 10.7. The van der Waals surface area contributed by atoms with E-state index < -0.39 is 0 Å². The first kappa shape index (κ1) is 17.8. The molecule has 1 rings (SSSR count). The van der Waals surface area contributed by atoms with Crippen LogP contribution in [0, 0.1) is 0 Å². The molecular weight excluding hydrogens is 307 g/mol. The van der Waals surface area contributed by atoms with Gasteiger partial charge in [-0.3, -0.25) is 0 Å². The third-order valence-electron chi connectivity index (χ3n) is 3.76. The molecule has 0 bridgehead atoms. The maximum absolute atomic E-state index is 2.29. The fourth-order valence-electron chi connectivity index (χ4n) is 2.47. The van der Waals surface area contributed by atoms with Gasteiger partial charge < -0.3 is 0 Å². The first-order chi connectivity index (χ1) is 9.93. The van der Waals surface area contributed by atoms with Crippen LogP contribution in [0.2, 0.25) is 5.32 Å². The molecule has 0 unspecified atom stereocenters. The van der Waals surface area contributed by atoms with Gasteiger partial charge >= 0.3 is 126 Å². The molecule has 1 aromatic rings. The summed E-state index contributed by atoms with van der Waals surface area (Å²) in [5.74, 6) is 0. The molecule has 0 fully saturated rings. The molecular formula is C19H32Se. The molecule has 0 radical (unpaired) electrons. The standard InChI is InChI=1S/C19H32Se/c1-2-3-4-5-6-7-8-9-10-11-15-18-20-19-16-13-12-14-17-19/h12-14,16-17H,2-11,15,18H2,1H3. The van der Waals surface area contributed by atoms with Gasteiger partial charge in [0.1, 0.15) is 0 Å². The summed E-state index contributed by atoms with van der Waals surface area (Å²) in [6.45, 7) is 2.29. The van der Waals surface area contributed by atoms with Gasteiger partial charge in [0, 0.05) is 0 Å². The van der Waals surface area contributed by atoms with Crippen molar-refractivity contribution in [2.45, 2.75) is 82.9 Å². The van der Waals surface area contributed by atoms with Gasteiger partial charge in [0.2, 0.25) is 0 Å². The van der Waals surface area contributed by atoms with E-state index in [1.165, 1.54) is 75.9 Å². The van der Waals surface area contributed by atoms with Crippen molar-refractivity contribution in [1.82, 2.24) is 0 Å². The molecule has 0 saturated heterocycles. The van der Waals surface area contributed by atoms with Gasteiger partial charge in [0.25, 0.3) is 0 Å². The van der Waals surface area contributed by atoms with Crippen molar-refractivity contribution >= 4 is 19.4 Å². The van der Waals surface area contributed by atoms with Crippen LogP contribution >= 0.6 is 0 Å². The second-order valence-electron chi connectivity index (χ2n) is 5.70. The zero-order chi connectivity index (χ0) is 14.3. The minimum atomic E-state index is 0.709. The Hall–Kier alpha value is -0.261. The van der Waals surface area contributed by atoms with E-state index in [-0.39, 0.29) is 0 Å². The number of unbranched alkanes of at least 4 members (excludes halogenated alkanes) is 10. The van der Waals surface area contributed by atoms with Gasteiger partial charge in [-0.05, 0) is 0 Å². The molecule has 0 saturated carbocycles. The van der Waals surface area contributed by atoms with E-state index >= 15 is 0 Å². The van der Waals surface area contributed by atoms with E-state index in [1.54, 1.807) is 4.46 Å². The van der Waals surface area contributed by atoms with Crippen molar-refractivity contribution in [3.8, 4) is 0 Å². The van der Waals surface area contributed by atoms with E-state index in [9.17, 15) is 0 Å². The Labute approximate surface area is 132 Å². The van der Waals surface area contributed by atoms with Gasteiger partial charge in [0.15, 0.2) is 0 Å². The number of benzene rings is 1. The molecule has 0 aliphatic carbocycles. The third-order valence-corrected chi connectivity index (χ3v) is 6.06. The SMILES string of the molecule is CCCCCCCCCCCCC[Se]c1ccccc1. The van der Waals surface area contributed by atoms with E-state index in [0.717, 1.165) is 0 Å². The molecule has 0 atom stereocenters. The van der Waals surface area contributed by atoms with Crippen LogP contribution in [0.1, 0.15) is 77.6 Å². The molecule has 1 aromatic carbocycles. The quantitative estimate of drug-likeness (QED) is 0.317. The van der Waals surface area contributed by atoms with Crippen LogP contribution in [-0.2, 0) is 0 Å². The number of hydrogen-bond donors (Lipinski definition) is 0. The average molecular weight is 339 g/mol. The predicted molar refractivity (Wildman–Crippen MR) is 93.1 cm³/mol. The third kappa shape index (κ3) is 10.5. The van der Waals surface area contributed by atoms with Crippen LogP contribution in [0.5, 0.6) is 0 Å². The Morgan fingerprint density at radius 3 is 1.70 bits per heavy atom. The zero-order valence-electron chi connectivity index (χ0n) is 13.3. The summed E-state index contributed by atoms with van der Waals surface area (Å²) in [7, 11) is 0. The molecule has 0 nitrogen and oxygen atoms in total. The Morgan fingerprint density at radius 2 is 1.15 bits per heavy atom. The second-order valence-corrected chi connectivity index (χ2v) is 8.15. The van der Waals surface area contributed by atoms with Crippen molar-refractivity contribution in [2.24, 2.45) is 0 Å². The molecule has 0 N–H and O–H groups in total. The van der Waals surface area contributed by atoms with Crippen molar-refractivity contribution in [2.75, 3.05) is 0 Å². The molecule has 114 valence electrons. The van der Waals surface area contributed by atoms with Gasteiger partial charge in [-0.1, -0.05) is 6.92 Å². The van der Waals surface area contributed by atoms with Crippen LogP contribution in [0.4, 0.5) is 0 Å². The summed E-state index contributed by atoms with van der Waals surface area (Å²) >= 11 is 0.709. The van der Waals surface area contributed by atoms with Crippen LogP contribution < -0.4 is 4.46 Å². The molecule has 20 heavy (non-hydrogen) atoms. The Morgan fingerprint density at radius 1 is 0.650 bits per heavy atom. The van der Waals surface area contributed by atoms with Gasteiger partial charge in [-0.2, -0.15) is 0 Å². The number of hydrogen-bond acceptors (Lipinski definition) is 0. The summed E-state index contributed by atoms with van der Waals surface area (Å²) < 4.78 is 1.56. The Bertz CT molecular complexity index is 294. The summed E-state index contributed by atoms with van der Waals surface area (Å²) in [5, 5.41) is 1.42. The van der Waals surface area contributed by atoms with Gasteiger partial charge in [-0.25, -0.2) is 0 Å². The van der Waals surface area contributed by atoms with Crippen molar-refractivity contribution < 1.29 is 0 Å². The van der Waals surface area contributed by atoms with E-state index in [1.807, 2.05) is 0 Å². The molecule has 0 spiro atoms. The number of rotatable bonds is 13. The van der Waals surface area contributed by atoms with Crippen molar-refractivity contribution in [1.29, 1.82) is 0 Å². The normalized spacial score (nSPS) is 10.8. The Balaban J connectivity index is 1.77. The van der Waals surface area contributed by atoms with Crippen LogP contribution in [-0.4, -0.2) is 15.0 Å². The van der Waals surface area contributed by atoms with Crippen molar-refractivity contribution in [3.63, 3.8) is 0 Å². The predicted octanol–water partition coefficient (Wildman–Crippen LogP) is 5.75. The van der Waals surface area contributed by atoms with Gasteiger partial charge in [0.05, 0.1) is 0 Å². The van der Waals surface area contributed by atoms with Gasteiger partial charge in [-0.15, -0.1) is 0 Å². The molecule has 0 aliphatic heterocycles. The van der Waals surface area contributed by atoms with E-state index in [2.05, 4.69) is 37.3 Å². The summed E-state index contributed by atoms with van der Waals surface area (Å²) in [5.41, 5.74) is 0. The minimum absolute atomic E-state index is 0.709. The summed E-state index contributed by atoms with van der Waals surface area (Å²) in [4.78, 5) is 0. The van der Waals surface area contributed by atoms with Crippen molar-refractivity contribution in [3.05, 3.63) is 30.3 Å². The average Bonchev–Trinajstić information content (AvgIpc) is 2.49. The van der Waals surface area contributed by atoms with E-state index in [0.29, 0.717) is 15.0 Å². The summed E-state index contributed by atoms with van der Waals surface area (Å²) in [6.07, 6.45) is 15.9. The summed E-state index contributed by atoms with van der Waals surface area (Å²) in [6, 6.07) is 11.0. The fraction of sp³-hybridized carbons (Fsp3) is 0.684. The Kier molecular flexibility index (Phi) is 12.2. The topological polar surface area (TPSA) is 0 Å². The molecule has 0 aromatic heterocycles. The first-order valence-electron chi connectivity index (χ1n) is 8.61. The maximum atomic E-state index is 2.29. The zero-order valence-corrected chi connectivity index (χ0v) is 15.0. The molecule has 0 amide bonds. The molecule has 0 heterocycles. The van der Waals surface area contributed by atoms with Crippen LogP contribution in [0.3, 0.4) is 0 Å². The molecule has 1 heteroatoms. The second kappa shape index (κ2) is 13.7. The fourth-order valence-corrected chi connectivity index (χ4v) is 4.43. The van der Waals surface area contributed by atoms with Crippen LogP contribution in [0.15, 0.2) is 30.3 Å².